The minimum atomic E-state index is -1.50. The summed E-state index contributed by atoms with van der Waals surface area (Å²) in [6.07, 6.45) is -1.61. The largest absolute Gasteiger partial charge is 1.00 e. The number of carboxylic acids is 1. The van der Waals surface area contributed by atoms with Crippen LogP contribution in [0.5, 0.6) is 0 Å². The molecule has 0 bridgehead atoms. The number of carbonyl (C=O) groups excluding carboxylic acids is 3. The zero-order valence-corrected chi connectivity index (χ0v) is 16.5. The van der Waals surface area contributed by atoms with Gasteiger partial charge in [-0.15, -0.1) is 11.6 Å². The van der Waals surface area contributed by atoms with Crippen LogP contribution in [0.3, 0.4) is 0 Å². The number of nitrogens with zero attached hydrogens (tertiary/aromatic N) is 1. The quantitative estimate of drug-likeness (QED) is 0.279. The van der Waals surface area contributed by atoms with E-state index < -0.39 is 36.0 Å². The molecule has 0 spiro atoms. The molecule has 0 aliphatic carbocycles. The number of amides is 2. The number of halogens is 1. The monoisotopic (exact) mass is 368 g/mol. The summed E-state index contributed by atoms with van der Waals surface area (Å²) < 4.78 is 4.98. The van der Waals surface area contributed by atoms with Gasteiger partial charge in [-0.25, -0.2) is 4.79 Å². The number of rotatable bonds is 6. The topological polar surface area (TPSA) is 119 Å². The van der Waals surface area contributed by atoms with Gasteiger partial charge >= 0.3 is 35.7 Å². The molecule has 2 N–H and O–H groups in total. The van der Waals surface area contributed by atoms with E-state index in [1.165, 1.54) is 6.92 Å². The molecule has 0 radical (unpaired) electrons. The summed E-state index contributed by atoms with van der Waals surface area (Å²) >= 11 is 5.44. The van der Waals surface area contributed by atoms with Crippen molar-refractivity contribution < 1.29 is 58.9 Å². The van der Waals surface area contributed by atoms with E-state index in [1.807, 2.05) is 0 Å². The number of alkyl halides is 1. The Balaban J connectivity index is 0.00000288. The van der Waals surface area contributed by atoms with Crippen molar-refractivity contribution in [3.05, 3.63) is 11.3 Å². The van der Waals surface area contributed by atoms with Crippen LogP contribution in [-0.2, 0) is 14.3 Å². The van der Waals surface area contributed by atoms with Crippen LogP contribution in [-0.4, -0.2) is 59.2 Å². The second-order valence-electron chi connectivity index (χ2n) is 5.61. The van der Waals surface area contributed by atoms with E-state index in [1.54, 1.807) is 6.92 Å². The number of carboxylic acid groups (broad SMARTS) is 1. The normalized spacial score (nSPS) is 26.2. The number of nitrogens with one attached hydrogen (secondary N) is 1. The van der Waals surface area contributed by atoms with Gasteiger partial charge in [-0.3, -0.25) is 4.79 Å². The maximum absolute atomic E-state index is 12.1. The van der Waals surface area contributed by atoms with Crippen LogP contribution in [0.25, 0.3) is 0 Å². The third-order valence-electron chi connectivity index (χ3n) is 4.23. The summed E-state index contributed by atoms with van der Waals surface area (Å²) in [7, 11) is 0. The van der Waals surface area contributed by atoms with Gasteiger partial charge < -0.3 is 30.0 Å². The number of fused-ring (bicyclic) bond motifs is 1. The first-order chi connectivity index (χ1) is 10.8. The Kier molecular flexibility index (Phi) is 7.55. The second-order valence-corrected chi connectivity index (χ2v) is 5.99. The van der Waals surface area contributed by atoms with Crippen molar-refractivity contribution in [2.75, 3.05) is 19.0 Å². The van der Waals surface area contributed by atoms with Gasteiger partial charge in [-0.1, -0.05) is 6.92 Å². The minimum Gasteiger partial charge on any atom is -0.543 e. The smallest absolute Gasteiger partial charge is 0.543 e. The zero-order chi connectivity index (χ0) is 17.3. The predicted octanol–water partition coefficient (Wildman–Crippen LogP) is -4.18. The van der Waals surface area contributed by atoms with Gasteiger partial charge in [0.05, 0.1) is 29.7 Å². The Morgan fingerprint density at radius 2 is 2.12 bits per heavy atom. The molecule has 0 aromatic heterocycles. The van der Waals surface area contributed by atoms with Crippen LogP contribution in [0.15, 0.2) is 11.3 Å². The number of aliphatic hydroxyl groups excluding tert-OH is 1. The summed E-state index contributed by atoms with van der Waals surface area (Å²) in [5.74, 6) is -2.77. The first-order valence-electron chi connectivity index (χ1n) is 7.23. The molecule has 0 saturated carbocycles. The number of hydrogen-bond acceptors (Lipinski definition) is 6. The van der Waals surface area contributed by atoms with Gasteiger partial charge in [0.15, 0.2) is 0 Å². The number of hydrogen-bond donors (Lipinski definition) is 2. The fourth-order valence-electron chi connectivity index (χ4n) is 3.17. The molecule has 1 fully saturated rings. The third-order valence-corrected chi connectivity index (χ3v) is 4.42. The van der Waals surface area contributed by atoms with Gasteiger partial charge in [0.25, 0.3) is 0 Å². The van der Waals surface area contributed by atoms with Gasteiger partial charge in [-0.2, -0.15) is 0 Å². The Morgan fingerprint density at radius 3 is 2.62 bits per heavy atom. The van der Waals surface area contributed by atoms with E-state index in [4.69, 9.17) is 16.3 Å². The van der Waals surface area contributed by atoms with Crippen LogP contribution in [0.2, 0.25) is 0 Å². The Bertz CT molecular complexity index is 567. The number of carbonyl (C=O) groups is 3. The predicted molar refractivity (Wildman–Crippen MR) is 77.1 cm³/mol. The summed E-state index contributed by atoms with van der Waals surface area (Å²) in [4.78, 5) is 36.0. The number of alkyl carbamates (subject to hydrolysis) is 1. The molecule has 0 aromatic rings. The molecule has 8 nitrogen and oxygen atoms in total. The van der Waals surface area contributed by atoms with Crippen molar-refractivity contribution in [1.82, 2.24) is 10.2 Å². The van der Waals surface area contributed by atoms with Crippen molar-refractivity contribution in [3.63, 3.8) is 0 Å². The number of aliphatic carboxylic acids is 1. The maximum atomic E-state index is 12.1. The molecular weight excluding hydrogens is 351 g/mol. The Hall–Kier alpha value is -0.800. The van der Waals surface area contributed by atoms with E-state index in [9.17, 15) is 24.6 Å². The molecule has 2 rings (SSSR count). The molecule has 2 aliphatic heterocycles. The van der Waals surface area contributed by atoms with E-state index in [0.717, 1.165) is 4.90 Å². The summed E-state index contributed by atoms with van der Waals surface area (Å²) in [6, 6.07) is -0.458. The van der Waals surface area contributed by atoms with E-state index in [0.29, 0.717) is 5.57 Å². The van der Waals surface area contributed by atoms with E-state index >= 15 is 0 Å². The minimum absolute atomic E-state index is 0. The average Bonchev–Trinajstić information content (AvgIpc) is 2.71. The summed E-state index contributed by atoms with van der Waals surface area (Å²) in [5.41, 5.74) is 0.0297. The Labute approximate surface area is 166 Å². The molecule has 2 heterocycles. The zero-order valence-electron chi connectivity index (χ0n) is 13.7. The molecule has 0 aromatic carbocycles. The molecule has 4 atom stereocenters. The van der Waals surface area contributed by atoms with Crippen molar-refractivity contribution in [2.24, 2.45) is 11.8 Å². The molecule has 128 valence electrons. The standard InChI is InChI=1S/C14H19ClN2O6.Na/c1-6-8(5-23-14(22)16-4-3-15)11(13(20)21)17-10(6)9(7(2)18)12(17)19;/h6-7,9-10,18H,3-5H2,1-2H3,(H,16,22)(H,20,21);/q;+1/p-1/t6-,7+,9+,10+;/m0./s1. The molecule has 10 heteroatoms. The maximum Gasteiger partial charge on any atom is 1.00 e. The average molecular weight is 369 g/mol. The van der Waals surface area contributed by atoms with E-state index in [-0.39, 0.29) is 60.2 Å². The molecule has 2 aliphatic rings. The first kappa shape index (κ1) is 21.2. The Morgan fingerprint density at radius 1 is 1.50 bits per heavy atom. The van der Waals surface area contributed by atoms with Crippen LogP contribution in [0, 0.1) is 11.8 Å². The van der Waals surface area contributed by atoms with Crippen LogP contribution in [0.1, 0.15) is 13.8 Å². The van der Waals surface area contributed by atoms with Gasteiger partial charge in [0.1, 0.15) is 6.61 Å². The van der Waals surface area contributed by atoms with Crippen LogP contribution >= 0.6 is 11.6 Å². The molecular formula is C14H18ClN2NaO6. The van der Waals surface area contributed by atoms with E-state index in [2.05, 4.69) is 5.32 Å². The summed E-state index contributed by atoms with van der Waals surface area (Å²) in [6.45, 7) is 3.16. The fourth-order valence-corrected chi connectivity index (χ4v) is 3.26. The number of β-lactam (4-membered cyclic amide) rings is 1. The third kappa shape index (κ3) is 3.72. The molecule has 24 heavy (non-hydrogen) atoms. The molecule has 1 saturated heterocycles. The number of aliphatic hydroxyl groups is 1. The fraction of sp³-hybridized carbons (Fsp3) is 0.643. The molecule has 0 unspecified atom stereocenters. The van der Waals surface area contributed by atoms with Gasteiger partial charge in [-0.05, 0) is 12.5 Å². The summed E-state index contributed by atoms with van der Waals surface area (Å²) in [5, 5.41) is 23.5. The molecule has 2 amide bonds. The van der Waals surface area contributed by atoms with Crippen molar-refractivity contribution in [2.45, 2.75) is 26.0 Å². The van der Waals surface area contributed by atoms with Crippen molar-refractivity contribution >= 4 is 29.6 Å². The van der Waals surface area contributed by atoms with Crippen molar-refractivity contribution in [3.8, 4) is 0 Å². The van der Waals surface area contributed by atoms with Gasteiger partial charge in [0.2, 0.25) is 5.91 Å². The first-order valence-corrected chi connectivity index (χ1v) is 7.76. The number of ether oxygens (including phenoxy) is 1. The second kappa shape index (κ2) is 8.53. The van der Waals surface area contributed by atoms with Crippen LogP contribution in [0.4, 0.5) is 4.79 Å². The van der Waals surface area contributed by atoms with Gasteiger partial charge in [0, 0.05) is 18.3 Å². The van der Waals surface area contributed by atoms with Crippen LogP contribution < -0.4 is 40.0 Å². The van der Waals surface area contributed by atoms with Crippen molar-refractivity contribution in [1.29, 1.82) is 0 Å². The SMILES string of the molecule is C[C@@H](O)[C@H]1C(=O)N2C(C(=O)[O-])=C(COC(=O)NCCCl)[C@H](C)[C@H]12.[Na+].